The molecule has 2 nitrogen and oxygen atoms in total. The standard InChI is InChI=1S/C12H24N2/c1-4-6-10-8-9-14(3)12(13)11(10)7-5-2/h10-11,13H,4-9H2,1-3H3. The van der Waals surface area contributed by atoms with E-state index in [2.05, 4.69) is 25.8 Å². The molecule has 0 amide bonds. The summed E-state index contributed by atoms with van der Waals surface area (Å²) >= 11 is 0. The molecule has 2 heteroatoms. The molecule has 14 heavy (non-hydrogen) atoms. The summed E-state index contributed by atoms with van der Waals surface area (Å²) in [6.45, 7) is 5.57. The van der Waals surface area contributed by atoms with Gasteiger partial charge < -0.3 is 4.90 Å². The number of rotatable bonds is 4. The van der Waals surface area contributed by atoms with Crippen molar-refractivity contribution in [1.82, 2.24) is 4.90 Å². The zero-order chi connectivity index (χ0) is 10.6. The predicted octanol–water partition coefficient (Wildman–Crippen LogP) is 3.13. The van der Waals surface area contributed by atoms with E-state index < -0.39 is 0 Å². The van der Waals surface area contributed by atoms with Gasteiger partial charge in [0.1, 0.15) is 0 Å². The van der Waals surface area contributed by atoms with Crippen LogP contribution in [0.15, 0.2) is 0 Å². The number of amidine groups is 1. The number of hydrogen-bond donors (Lipinski definition) is 1. The van der Waals surface area contributed by atoms with Crippen LogP contribution in [0.5, 0.6) is 0 Å². The van der Waals surface area contributed by atoms with Crippen LogP contribution in [-0.2, 0) is 0 Å². The maximum Gasteiger partial charge on any atom is 0.0989 e. The van der Waals surface area contributed by atoms with Crippen molar-refractivity contribution in [3.8, 4) is 0 Å². The van der Waals surface area contributed by atoms with Crippen molar-refractivity contribution in [2.75, 3.05) is 13.6 Å². The molecular formula is C12H24N2. The van der Waals surface area contributed by atoms with Gasteiger partial charge in [0.15, 0.2) is 0 Å². The lowest BCUT2D eigenvalue weighted by Gasteiger charge is -2.38. The zero-order valence-corrected chi connectivity index (χ0v) is 9.84. The molecule has 2 atom stereocenters. The first-order valence-electron chi connectivity index (χ1n) is 6.00. The highest BCUT2D eigenvalue weighted by atomic mass is 15.1. The van der Waals surface area contributed by atoms with E-state index in [4.69, 9.17) is 5.41 Å². The maximum absolute atomic E-state index is 8.09. The third-order valence-electron chi connectivity index (χ3n) is 3.43. The van der Waals surface area contributed by atoms with Gasteiger partial charge in [-0.3, -0.25) is 5.41 Å². The number of nitrogens with one attached hydrogen (secondary N) is 1. The third-order valence-corrected chi connectivity index (χ3v) is 3.43. The molecule has 0 aliphatic carbocycles. The zero-order valence-electron chi connectivity index (χ0n) is 9.84. The Morgan fingerprint density at radius 3 is 2.50 bits per heavy atom. The lowest BCUT2D eigenvalue weighted by molar-refractivity contribution is 0.250. The highest BCUT2D eigenvalue weighted by Crippen LogP contribution is 2.31. The SMILES string of the molecule is CCCC1CCN(C)C(=N)C1CCC. The Balaban J connectivity index is 2.61. The van der Waals surface area contributed by atoms with Gasteiger partial charge in [0.05, 0.1) is 5.84 Å². The smallest absolute Gasteiger partial charge is 0.0989 e. The second kappa shape index (κ2) is 5.38. The van der Waals surface area contributed by atoms with Gasteiger partial charge in [0.2, 0.25) is 0 Å². The van der Waals surface area contributed by atoms with Gasteiger partial charge in [-0.2, -0.15) is 0 Å². The minimum absolute atomic E-state index is 0.540. The summed E-state index contributed by atoms with van der Waals surface area (Å²) in [6.07, 6.45) is 6.27. The number of piperidine rings is 1. The molecule has 1 aliphatic rings. The van der Waals surface area contributed by atoms with Gasteiger partial charge >= 0.3 is 0 Å². The lowest BCUT2D eigenvalue weighted by Crippen LogP contribution is -2.42. The molecule has 0 saturated carbocycles. The monoisotopic (exact) mass is 196 g/mol. The molecule has 0 spiro atoms. The summed E-state index contributed by atoms with van der Waals surface area (Å²) < 4.78 is 0. The normalized spacial score (nSPS) is 28.2. The van der Waals surface area contributed by atoms with E-state index in [0.29, 0.717) is 5.92 Å². The Morgan fingerprint density at radius 2 is 1.93 bits per heavy atom. The molecule has 2 unspecified atom stereocenters. The van der Waals surface area contributed by atoms with Crippen molar-refractivity contribution >= 4 is 5.84 Å². The van der Waals surface area contributed by atoms with Gasteiger partial charge in [-0.05, 0) is 25.2 Å². The number of likely N-dealkylation sites (tertiary alicyclic amines) is 1. The van der Waals surface area contributed by atoms with Crippen LogP contribution in [0.4, 0.5) is 0 Å². The van der Waals surface area contributed by atoms with Crippen LogP contribution < -0.4 is 0 Å². The van der Waals surface area contributed by atoms with Crippen molar-refractivity contribution < 1.29 is 0 Å². The summed E-state index contributed by atoms with van der Waals surface area (Å²) in [5.74, 6) is 2.21. The van der Waals surface area contributed by atoms with Crippen LogP contribution >= 0.6 is 0 Å². The van der Waals surface area contributed by atoms with Crippen molar-refractivity contribution in [3.05, 3.63) is 0 Å². The molecular weight excluding hydrogens is 172 g/mol. The first-order chi connectivity index (χ1) is 6.70. The predicted molar refractivity (Wildman–Crippen MR) is 61.8 cm³/mol. The average Bonchev–Trinajstić information content (AvgIpc) is 2.18. The number of nitrogens with zero attached hydrogens (tertiary/aromatic N) is 1. The van der Waals surface area contributed by atoms with E-state index in [1.165, 1.54) is 32.1 Å². The number of hydrogen-bond acceptors (Lipinski definition) is 1. The molecule has 82 valence electrons. The van der Waals surface area contributed by atoms with Crippen molar-refractivity contribution in [2.45, 2.75) is 46.0 Å². The highest BCUT2D eigenvalue weighted by Gasteiger charge is 2.30. The quantitative estimate of drug-likeness (QED) is 0.735. The van der Waals surface area contributed by atoms with Crippen LogP contribution in [0, 0.1) is 17.2 Å². The van der Waals surface area contributed by atoms with Crippen LogP contribution in [0.25, 0.3) is 0 Å². The van der Waals surface area contributed by atoms with Crippen LogP contribution in [-0.4, -0.2) is 24.3 Å². The van der Waals surface area contributed by atoms with E-state index in [-0.39, 0.29) is 0 Å². The van der Waals surface area contributed by atoms with E-state index in [1.807, 2.05) is 0 Å². The fourth-order valence-electron chi connectivity index (χ4n) is 2.59. The molecule has 1 aliphatic heterocycles. The Hall–Kier alpha value is -0.530. The summed E-state index contributed by atoms with van der Waals surface area (Å²) in [5.41, 5.74) is 0. The van der Waals surface area contributed by atoms with Crippen LogP contribution in [0.3, 0.4) is 0 Å². The third kappa shape index (κ3) is 2.49. The Kier molecular flexibility index (Phi) is 4.43. The molecule has 1 rings (SSSR count). The minimum atomic E-state index is 0.540. The van der Waals surface area contributed by atoms with Crippen molar-refractivity contribution in [1.29, 1.82) is 5.41 Å². The Labute approximate surface area is 88.2 Å². The molecule has 1 heterocycles. The Morgan fingerprint density at radius 1 is 1.29 bits per heavy atom. The van der Waals surface area contributed by atoms with Gasteiger partial charge in [0, 0.05) is 19.5 Å². The fraction of sp³-hybridized carbons (Fsp3) is 0.917. The molecule has 1 N–H and O–H groups in total. The fourth-order valence-corrected chi connectivity index (χ4v) is 2.59. The topological polar surface area (TPSA) is 27.1 Å². The average molecular weight is 196 g/mol. The lowest BCUT2D eigenvalue weighted by atomic mass is 9.79. The summed E-state index contributed by atoms with van der Waals surface area (Å²) in [7, 11) is 2.06. The summed E-state index contributed by atoms with van der Waals surface area (Å²) in [5, 5.41) is 8.09. The van der Waals surface area contributed by atoms with Crippen molar-refractivity contribution in [3.63, 3.8) is 0 Å². The van der Waals surface area contributed by atoms with E-state index in [1.54, 1.807) is 0 Å². The summed E-state index contributed by atoms with van der Waals surface area (Å²) in [6, 6.07) is 0. The van der Waals surface area contributed by atoms with E-state index in [0.717, 1.165) is 18.3 Å². The van der Waals surface area contributed by atoms with Crippen LogP contribution in [0.1, 0.15) is 46.0 Å². The second-order valence-corrected chi connectivity index (χ2v) is 4.54. The first-order valence-corrected chi connectivity index (χ1v) is 6.00. The van der Waals surface area contributed by atoms with E-state index in [9.17, 15) is 0 Å². The van der Waals surface area contributed by atoms with Crippen molar-refractivity contribution in [2.24, 2.45) is 11.8 Å². The first kappa shape index (κ1) is 11.5. The van der Waals surface area contributed by atoms with Gasteiger partial charge in [-0.25, -0.2) is 0 Å². The van der Waals surface area contributed by atoms with Gasteiger partial charge in [0.25, 0.3) is 0 Å². The van der Waals surface area contributed by atoms with E-state index >= 15 is 0 Å². The largest absolute Gasteiger partial charge is 0.363 e. The molecule has 1 saturated heterocycles. The molecule has 0 aromatic carbocycles. The molecule has 0 bridgehead atoms. The Bertz CT molecular complexity index is 189. The molecule has 1 fully saturated rings. The van der Waals surface area contributed by atoms with Crippen LogP contribution in [0.2, 0.25) is 0 Å². The molecule has 0 aromatic heterocycles. The highest BCUT2D eigenvalue weighted by molar-refractivity contribution is 5.82. The second-order valence-electron chi connectivity index (χ2n) is 4.54. The molecule has 0 radical (unpaired) electrons. The van der Waals surface area contributed by atoms with Gasteiger partial charge in [-0.15, -0.1) is 0 Å². The minimum Gasteiger partial charge on any atom is -0.363 e. The maximum atomic E-state index is 8.09. The summed E-state index contributed by atoms with van der Waals surface area (Å²) in [4.78, 5) is 2.13. The molecule has 0 aromatic rings. The van der Waals surface area contributed by atoms with Gasteiger partial charge in [-0.1, -0.05) is 26.7 Å².